The van der Waals surface area contributed by atoms with Crippen LogP contribution in [0.2, 0.25) is 5.02 Å². The number of likely N-dealkylation sites (tertiary alicyclic amines) is 1. The predicted molar refractivity (Wildman–Crippen MR) is 125 cm³/mol. The van der Waals surface area contributed by atoms with E-state index in [9.17, 15) is 0 Å². The smallest absolute Gasteiger partial charge is 0.166 e. The molecule has 0 saturated carbocycles. The van der Waals surface area contributed by atoms with Crippen molar-refractivity contribution in [1.29, 1.82) is 0 Å². The largest absolute Gasteiger partial charge is 0.493 e. The van der Waals surface area contributed by atoms with E-state index in [2.05, 4.69) is 42.3 Å². The van der Waals surface area contributed by atoms with Crippen LogP contribution in [-0.2, 0) is 18.3 Å². The molecule has 3 aromatic rings. The van der Waals surface area contributed by atoms with E-state index in [0.717, 1.165) is 59.1 Å². The molecular formula is C27H25ClN2O2. The lowest BCUT2D eigenvalue weighted by Crippen LogP contribution is -2.62. The minimum absolute atomic E-state index is 0.00355. The van der Waals surface area contributed by atoms with Crippen LogP contribution in [0.15, 0.2) is 48.7 Å². The van der Waals surface area contributed by atoms with Crippen LogP contribution < -0.4 is 9.47 Å². The monoisotopic (exact) mass is 444 g/mol. The van der Waals surface area contributed by atoms with Crippen molar-refractivity contribution in [2.45, 2.75) is 36.8 Å². The van der Waals surface area contributed by atoms with Crippen LogP contribution in [0, 0.1) is 5.92 Å². The lowest BCUT2D eigenvalue weighted by Gasteiger charge is -2.57. The van der Waals surface area contributed by atoms with E-state index in [4.69, 9.17) is 26.1 Å². The molecule has 4 atom stereocenters. The van der Waals surface area contributed by atoms with Crippen LogP contribution in [0.3, 0.4) is 0 Å². The summed E-state index contributed by atoms with van der Waals surface area (Å²) < 4.78 is 12.5. The Morgan fingerprint density at radius 1 is 1.09 bits per heavy atom. The maximum Gasteiger partial charge on any atom is 0.166 e. The first-order chi connectivity index (χ1) is 15.6. The normalized spacial score (nSPS) is 29.2. The van der Waals surface area contributed by atoms with E-state index < -0.39 is 0 Å². The predicted octanol–water partition coefficient (Wildman–Crippen LogP) is 5.21. The lowest BCUT2D eigenvalue weighted by atomic mass is 9.51. The van der Waals surface area contributed by atoms with Crippen LogP contribution in [0.4, 0.5) is 0 Å². The van der Waals surface area contributed by atoms with Gasteiger partial charge in [0.15, 0.2) is 17.6 Å². The number of aromatic nitrogens is 1. The van der Waals surface area contributed by atoms with E-state index in [1.54, 1.807) is 7.11 Å². The van der Waals surface area contributed by atoms with Gasteiger partial charge in [0.2, 0.25) is 0 Å². The minimum Gasteiger partial charge on any atom is -0.493 e. The van der Waals surface area contributed by atoms with Crippen molar-refractivity contribution in [2.75, 3.05) is 20.7 Å². The zero-order chi connectivity index (χ0) is 21.6. The number of ether oxygens (including phenoxy) is 2. The highest BCUT2D eigenvalue weighted by Crippen LogP contribution is 2.67. The van der Waals surface area contributed by atoms with Crippen molar-refractivity contribution < 1.29 is 9.47 Å². The molecule has 1 aromatic heterocycles. The van der Waals surface area contributed by atoms with Gasteiger partial charge < -0.3 is 14.4 Å². The summed E-state index contributed by atoms with van der Waals surface area (Å²) in [6.45, 7) is 1.09. The number of piperidine rings is 1. The molecule has 2 aliphatic carbocycles. The van der Waals surface area contributed by atoms with Gasteiger partial charge in [-0.25, -0.2) is 0 Å². The molecule has 0 N–H and O–H groups in total. The van der Waals surface area contributed by atoms with Gasteiger partial charge in [0.1, 0.15) is 0 Å². The third-order valence-corrected chi connectivity index (χ3v) is 8.72. The topological polar surface area (TPSA) is 34.6 Å². The van der Waals surface area contributed by atoms with Gasteiger partial charge in [-0.15, -0.1) is 0 Å². The summed E-state index contributed by atoms with van der Waals surface area (Å²) in [7, 11) is 4.03. The molecule has 2 aliphatic heterocycles. The molecule has 2 bridgehead atoms. The summed E-state index contributed by atoms with van der Waals surface area (Å²) in [5.74, 6) is 2.32. The molecule has 4 nitrogen and oxygen atoms in total. The number of methoxy groups -OCH3 is 1. The standard InChI is InChI=1S/C27H25ClN2O2/c1-30-10-9-27-20-12-17-11-18(15-3-6-19(28)7-4-15)14-29-24(17)26(27)32-25-22(31-2)8-5-16(23(25)27)13-21(20)30/h3-8,11,14,20-21,26H,9-10,12-13H2,1-2H3/t20-,21?,26-,27-/m0/s1. The Morgan fingerprint density at radius 3 is 2.75 bits per heavy atom. The van der Waals surface area contributed by atoms with Gasteiger partial charge in [-0.05, 0) is 79.7 Å². The lowest BCUT2D eigenvalue weighted by molar-refractivity contribution is -0.0260. The minimum atomic E-state index is -0.0444. The zero-order valence-corrected chi connectivity index (χ0v) is 19.0. The summed E-state index contributed by atoms with van der Waals surface area (Å²) in [5, 5.41) is 0.751. The molecule has 3 heterocycles. The Kier molecular flexibility index (Phi) is 3.85. The fourth-order valence-corrected chi connectivity index (χ4v) is 7.14. The first-order valence-corrected chi connectivity index (χ1v) is 11.8. The third-order valence-electron chi connectivity index (χ3n) is 8.46. The summed E-state index contributed by atoms with van der Waals surface area (Å²) in [6, 6.07) is 15.2. The van der Waals surface area contributed by atoms with Crippen molar-refractivity contribution in [1.82, 2.24) is 9.88 Å². The van der Waals surface area contributed by atoms with Crippen LogP contribution in [0.1, 0.15) is 34.9 Å². The van der Waals surface area contributed by atoms with Crippen molar-refractivity contribution in [3.05, 3.63) is 76.1 Å². The molecule has 1 fully saturated rings. The van der Waals surface area contributed by atoms with Gasteiger partial charge in [0, 0.05) is 33.8 Å². The number of benzene rings is 2. The highest BCUT2D eigenvalue weighted by molar-refractivity contribution is 6.30. The second kappa shape index (κ2) is 6.49. The van der Waals surface area contributed by atoms with Crippen molar-refractivity contribution >= 4 is 11.6 Å². The van der Waals surface area contributed by atoms with Gasteiger partial charge in [-0.2, -0.15) is 0 Å². The molecule has 1 spiro atoms. The molecule has 162 valence electrons. The number of nitrogens with zero attached hydrogens (tertiary/aromatic N) is 2. The Labute approximate surface area is 193 Å². The number of likely N-dealkylation sites (N-methyl/N-ethyl adjacent to an activating group) is 1. The molecule has 0 amide bonds. The molecular weight excluding hydrogens is 420 g/mol. The number of halogens is 1. The van der Waals surface area contributed by atoms with Gasteiger partial charge in [-0.1, -0.05) is 29.8 Å². The number of hydrogen-bond acceptors (Lipinski definition) is 4. The molecule has 4 aliphatic rings. The van der Waals surface area contributed by atoms with Gasteiger partial charge in [0.05, 0.1) is 12.8 Å². The summed E-state index contributed by atoms with van der Waals surface area (Å²) in [6.07, 6.45) is 5.16. The third kappa shape index (κ3) is 2.29. The number of hydrogen-bond donors (Lipinski definition) is 0. The molecule has 1 saturated heterocycles. The molecule has 5 heteroatoms. The second-order valence-electron chi connectivity index (χ2n) is 9.76. The van der Waals surface area contributed by atoms with Crippen molar-refractivity contribution in [3.63, 3.8) is 0 Å². The highest BCUT2D eigenvalue weighted by atomic mass is 35.5. The maximum atomic E-state index is 6.80. The summed E-state index contributed by atoms with van der Waals surface area (Å²) in [4.78, 5) is 7.61. The fourth-order valence-electron chi connectivity index (χ4n) is 7.01. The van der Waals surface area contributed by atoms with Crippen molar-refractivity contribution in [3.8, 4) is 22.6 Å². The first-order valence-electron chi connectivity index (χ1n) is 11.4. The molecule has 2 aromatic carbocycles. The molecule has 0 radical (unpaired) electrons. The quantitative estimate of drug-likeness (QED) is 0.543. The van der Waals surface area contributed by atoms with Crippen molar-refractivity contribution in [2.24, 2.45) is 5.92 Å². The van der Waals surface area contributed by atoms with Crippen LogP contribution >= 0.6 is 11.6 Å². The Hall–Kier alpha value is -2.56. The SMILES string of the molecule is COc1ccc2c3c1O[C@H]1c4ncc(-c5ccc(Cl)cc5)cc4C[C@H]4C(C2)N(C)CC[C@]314. The van der Waals surface area contributed by atoms with E-state index in [0.29, 0.717) is 12.0 Å². The molecule has 32 heavy (non-hydrogen) atoms. The van der Waals surface area contributed by atoms with E-state index in [1.165, 1.54) is 16.7 Å². The maximum absolute atomic E-state index is 6.80. The van der Waals surface area contributed by atoms with Crippen LogP contribution in [0.25, 0.3) is 11.1 Å². The second-order valence-corrected chi connectivity index (χ2v) is 10.2. The first kappa shape index (κ1) is 19.0. The number of rotatable bonds is 2. The van der Waals surface area contributed by atoms with E-state index in [1.807, 2.05) is 18.3 Å². The van der Waals surface area contributed by atoms with Crippen LogP contribution in [-0.4, -0.2) is 36.6 Å². The average Bonchev–Trinajstić information content (AvgIpc) is 3.16. The molecule has 1 unspecified atom stereocenters. The number of pyridine rings is 1. The zero-order valence-electron chi connectivity index (χ0n) is 18.3. The van der Waals surface area contributed by atoms with E-state index >= 15 is 0 Å². The van der Waals surface area contributed by atoms with Crippen LogP contribution in [0.5, 0.6) is 11.5 Å². The van der Waals surface area contributed by atoms with Gasteiger partial charge in [0.25, 0.3) is 0 Å². The Balaban J connectivity index is 1.43. The summed E-state index contributed by atoms with van der Waals surface area (Å²) >= 11 is 6.11. The molecule has 7 rings (SSSR count). The Morgan fingerprint density at radius 2 is 1.94 bits per heavy atom. The summed E-state index contributed by atoms with van der Waals surface area (Å²) in [5.41, 5.74) is 7.54. The number of fused-ring (bicyclic) bond motifs is 2. The van der Waals surface area contributed by atoms with Gasteiger partial charge >= 0.3 is 0 Å². The highest BCUT2D eigenvalue weighted by Gasteiger charge is 2.65. The average molecular weight is 445 g/mol. The fraction of sp³-hybridized carbons (Fsp3) is 0.370. The van der Waals surface area contributed by atoms with E-state index in [-0.39, 0.29) is 11.5 Å². The van der Waals surface area contributed by atoms with Gasteiger partial charge in [-0.3, -0.25) is 4.98 Å². The Bertz CT molecular complexity index is 1260.